The van der Waals surface area contributed by atoms with Crippen molar-refractivity contribution in [1.82, 2.24) is 0 Å². The maximum Gasteiger partial charge on any atom is 0.141 e. The Kier molecular flexibility index (Phi) is 5.72. The monoisotopic (exact) mass is 323 g/mol. The minimum Gasteiger partial charge on any atom is -0.546 e. The number of ether oxygens (including phenoxy) is 2. The molecule has 0 bridgehead atoms. The predicted octanol–water partition coefficient (Wildman–Crippen LogP) is 2.73. The molecule has 1 aliphatic heterocycles. The number of rotatable bonds is 7. The second kappa shape index (κ2) is 7.54. The second-order valence-corrected chi connectivity index (χ2v) is 6.23. The van der Waals surface area contributed by atoms with Gasteiger partial charge >= 0.3 is 0 Å². The van der Waals surface area contributed by atoms with E-state index in [0.717, 1.165) is 17.7 Å². The van der Waals surface area contributed by atoms with Crippen LogP contribution >= 0.6 is 11.6 Å². The first kappa shape index (κ1) is 16.7. The lowest BCUT2D eigenvalue weighted by Gasteiger charge is -2.16. The molecule has 1 unspecified atom stereocenters. The zero-order valence-corrected chi connectivity index (χ0v) is 13.6. The van der Waals surface area contributed by atoms with E-state index in [1.807, 2.05) is 12.1 Å². The van der Waals surface area contributed by atoms with Crippen LogP contribution in [0.4, 0.5) is 0 Å². The summed E-state index contributed by atoms with van der Waals surface area (Å²) in [5, 5.41) is 11.4. The molecule has 0 N–H and O–H groups in total. The van der Waals surface area contributed by atoms with Gasteiger partial charge in [0.05, 0.1) is 18.3 Å². The Hall–Kier alpha value is -1.68. The van der Waals surface area contributed by atoms with Crippen molar-refractivity contribution < 1.29 is 19.4 Å². The summed E-state index contributed by atoms with van der Waals surface area (Å²) in [6, 6.07) is 5.44. The molecule has 0 aromatic heterocycles. The maximum atomic E-state index is 10.8. The van der Waals surface area contributed by atoms with Gasteiger partial charge in [0.1, 0.15) is 11.9 Å². The highest BCUT2D eigenvalue weighted by Gasteiger charge is 2.20. The third kappa shape index (κ3) is 4.67. The van der Waals surface area contributed by atoms with E-state index in [0.29, 0.717) is 36.1 Å². The van der Waals surface area contributed by atoms with Gasteiger partial charge in [0, 0.05) is 23.4 Å². The van der Waals surface area contributed by atoms with Crippen LogP contribution in [0.1, 0.15) is 32.3 Å². The summed E-state index contributed by atoms with van der Waals surface area (Å²) in [5.41, 5.74) is 0.890. The highest BCUT2D eigenvalue weighted by Crippen LogP contribution is 2.28. The summed E-state index contributed by atoms with van der Waals surface area (Å²) in [6.45, 7) is 4.92. The zero-order valence-electron chi connectivity index (χ0n) is 12.8. The Bertz CT molecular complexity index is 566. The normalized spacial score (nSPS) is 17.3. The fraction of sp³-hybridized carbons (Fsp3) is 0.471. The summed E-state index contributed by atoms with van der Waals surface area (Å²) in [6.07, 6.45) is 2.65. The Morgan fingerprint density at radius 3 is 2.91 bits per heavy atom. The maximum absolute atomic E-state index is 10.8. The fourth-order valence-corrected chi connectivity index (χ4v) is 2.39. The number of carboxylic acid groups (broad SMARTS) is 1. The van der Waals surface area contributed by atoms with Crippen LogP contribution < -0.4 is 9.84 Å². The van der Waals surface area contributed by atoms with E-state index >= 15 is 0 Å². The van der Waals surface area contributed by atoms with Gasteiger partial charge in [-0.1, -0.05) is 25.4 Å². The van der Waals surface area contributed by atoms with Crippen molar-refractivity contribution >= 4 is 17.6 Å². The van der Waals surface area contributed by atoms with Crippen molar-refractivity contribution in [2.24, 2.45) is 5.92 Å². The van der Waals surface area contributed by atoms with Crippen LogP contribution in [-0.4, -0.2) is 18.7 Å². The van der Waals surface area contributed by atoms with Gasteiger partial charge in [-0.25, -0.2) is 0 Å². The van der Waals surface area contributed by atoms with Crippen LogP contribution in [0.2, 0.25) is 5.02 Å². The zero-order chi connectivity index (χ0) is 16.1. The van der Waals surface area contributed by atoms with Gasteiger partial charge in [0.25, 0.3) is 0 Å². The fourth-order valence-electron chi connectivity index (χ4n) is 2.19. The third-order valence-corrected chi connectivity index (χ3v) is 3.69. The molecule has 0 aliphatic carbocycles. The van der Waals surface area contributed by atoms with Crippen molar-refractivity contribution in [3.8, 4) is 5.75 Å². The number of carbonyl (C=O) groups excluding carboxylic acids is 1. The van der Waals surface area contributed by atoms with Gasteiger partial charge in [-0.05, 0) is 36.6 Å². The van der Waals surface area contributed by atoms with Crippen LogP contribution in [-0.2, 0) is 16.0 Å². The predicted molar refractivity (Wildman–Crippen MR) is 82.7 cm³/mol. The van der Waals surface area contributed by atoms with Crippen molar-refractivity contribution in [3.63, 3.8) is 0 Å². The van der Waals surface area contributed by atoms with Crippen LogP contribution in [0.25, 0.3) is 0 Å². The van der Waals surface area contributed by atoms with E-state index in [2.05, 4.69) is 13.8 Å². The van der Waals surface area contributed by atoms with Gasteiger partial charge in [0.2, 0.25) is 0 Å². The number of benzene rings is 1. The molecular weight excluding hydrogens is 304 g/mol. The molecule has 5 heteroatoms. The number of hydrogen-bond donors (Lipinski definition) is 0. The Morgan fingerprint density at radius 2 is 2.27 bits per heavy atom. The first-order valence-corrected chi connectivity index (χ1v) is 7.81. The second-order valence-electron chi connectivity index (χ2n) is 5.79. The molecular formula is C17H20ClO4-. The van der Waals surface area contributed by atoms with Gasteiger partial charge in [0.15, 0.2) is 0 Å². The topological polar surface area (TPSA) is 58.6 Å². The van der Waals surface area contributed by atoms with E-state index < -0.39 is 12.1 Å². The molecule has 0 saturated carbocycles. The molecule has 0 amide bonds. The van der Waals surface area contributed by atoms with Crippen LogP contribution in [0.5, 0.6) is 5.75 Å². The summed E-state index contributed by atoms with van der Waals surface area (Å²) in [5.74, 6) is 0.753. The number of aliphatic carboxylic acids is 1. The molecule has 1 aromatic rings. The van der Waals surface area contributed by atoms with E-state index in [-0.39, 0.29) is 0 Å². The smallest absolute Gasteiger partial charge is 0.141 e. The van der Waals surface area contributed by atoms with Gasteiger partial charge < -0.3 is 19.4 Å². The highest BCUT2D eigenvalue weighted by molar-refractivity contribution is 6.30. The van der Waals surface area contributed by atoms with Crippen LogP contribution in [0.15, 0.2) is 30.0 Å². The van der Waals surface area contributed by atoms with E-state index in [9.17, 15) is 9.90 Å². The quantitative estimate of drug-likeness (QED) is 0.774. The van der Waals surface area contributed by atoms with E-state index in [4.69, 9.17) is 21.1 Å². The number of halogens is 1. The summed E-state index contributed by atoms with van der Waals surface area (Å²) >= 11 is 6.05. The molecule has 120 valence electrons. The number of carboxylic acids is 1. The molecule has 2 rings (SSSR count). The first-order valence-electron chi connectivity index (χ1n) is 7.43. The molecule has 1 heterocycles. The highest BCUT2D eigenvalue weighted by atomic mass is 35.5. The van der Waals surface area contributed by atoms with Crippen molar-refractivity contribution in [2.45, 2.75) is 39.2 Å². The van der Waals surface area contributed by atoms with Crippen LogP contribution in [0.3, 0.4) is 0 Å². The molecule has 0 spiro atoms. The summed E-state index contributed by atoms with van der Waals surface area (Å²) < 4.78 is 11.2. The van der Waals surface area contributed by atoms with Gasteiger partial charge in [-0.2, -0.15) is 0 Å². The summed E-state index contributed by atoms with van der Waals surface area (Å²) in [7, 11) is 0. The average molecular weight is 324 g/mol. The van der Waals surface area contributed by atoms with Crippen molar-refractivity contribution in [2.75, 3.05) is 6.61 Å². The lowest BCUT2D eigenvalue weighted by molar-refractivity contribution is -0.314. The molecule has 1 aromatic carbocycles. The van der Waals surface area contributed by atoms with E-state index in [1.165, 1.54) is 0 Å². The van der Waals surface area contributed by atoms with Crippen LogP contribution in [0, 0.1) is 5.92 Å². The largest absolute Gasteiger partial charge is 0.546 e. The summed E-state index contributed by atoms with van der Waals surface area (Å²) in [4.78, 5) is 10.8. The molecule has 1 atom stereocenters. The van der Waals surface area contributed by atoms with Gasteiger partial charge in [-0.3, -0.25) is 0 Å². The van der Waals surface area contributed by atoms with E-state index in [1.54, 1.807) is 12.1 Å². The Labute approximate surface area is 135 Å². The molecule has 1 aliphatic rings. The number of hydrogen-bond acceptors (Lipinski definition) is 4. The van der Waals surface area contributed by atoms with Gasteiger partial charge in [-0.15, -0.1) is 0 Å². The average Bonchev–Trinajstić information content (AvgIpc) is 2.89. The number of carbonyl (C=O) groups is 1. The Morgan fingerprint density at radius 1 is 1.50 bits per heavy atom. The van der Waals surface area contributed by atoms with Crippen molar-refractivity contribution in [3.05, 3.63) is 40.6 Å². The SMILES string of the molecule is CC(C)CCOc1ccc(Cl)cc1CC1=CCC(C(=O)[O-])O1. The minimum atomic E-state index is -1.19. The molecule has 0 radical (unpaired) electrons. The van der Waals surface area contributed by atoms with Crippen molar-refractivity contribution in [1.29, 1.82) is 0 Å². The molecule has 0 saturated heterocycles. The third-order valence-electron chi connectivity index (χ3n) is 3.46. The molecule has 4 nitrogen and oxygen atoms in total. The molecule has 22 heavy (non-hydrogen) atoms. The lowest BCUT2D eigenvalue weighted by Crippen LogP contribution is -2.35. The first-order chi connectivity index (χ1) is 10.5. The standard InChI is InChI=1S/C17H21ClO4/c1-11(2)7-8-21-15-5-3-13(18)9-12(15)10-14-4-6-16(22-14)17(19)20/h3-5,9,11,16H,6-8,10H2,1-2H3,(H,19,20)/p-1. The minimum absolute atomic E-state index is 0.335. The Balaban J connectivity index is 2.03. The molecule has 0 fully saturated rings. The lowest BCUT2D eigenvalue weighted by atomic mass is 10.1. The number of allylic oxidation sites excluding steroid dienone is 1.